The fourth-order valence-electron chi connectivity index (χ4n) is 1.39. The predicted molar refractivity (Wildman–Crippen MR) is 70.8 cm³/mol. The van der Waals surface area contributed by atoms with Crippen LogP contribution in [0.1, 0.15) is 0 Å². The van der Waals surface area contributed by atoms with Gasteiger partial charge >= 0.3 is 6.03 Å². The second-order valence-corrected chi connectivity index (χ2v) is 4.71. The standard InChI is InChI=1S/C12H12N2O2S/c1-14(2)12(16)13-9-7-17-10-6-4-3-5-8(10)11(9)15/h3-7H,1-2H3,(H,13,16). The summed E-state index contributed by atoms with van der Waals surface area (Å²) in [6.45, 7) is 0. The third-order valence-electron chi connectivity index (χ3n) is 2.33. The zero-order valence-electron chi connectivity index (χ0n) is 9.56. The van der Waals surface area contributed by atoms with Gasteiger partial charge in [-0.3, -0.25) is 4.79 Å². The molecular formula is C12H12N2O2S. The topological polar surface area (TPSA) is 49.4 Å². The van der Waals surface area contributed by atoms with Crippen molar-refractivity contribution in [3.05, 3.63) is 39.9 Å². The minimum Gasteiger partial charge on any atom is -0.331 e. The summed E-state index contributed by atoms with van der Waals surface area (Å²) in [7, 11) is 3.26. The van der Waals surface area contributed by atoms with Crippen molar-refractivity contribution in [2.45, 2.75) is 0 Å². The molecule has 0 fully saturated rings. The van der Waals surface area contributed by atoms with E-state index in [1.165, 1.54) is 16.2 Å². The van der Waals surface area contributed by atoms with Crippen molar-refractivity contribution in [2.75, 3.05) is 19.4 Å². The lowest BCUT2D eigenvalue weighted by atomic mass is 10.2. The van der Waals surface area contributed by atoms with E-state index in [0.717, 1.165) is 4.70 Å². The number of carbonyl (C=O) groups is 1. The Morgan fingerprint density at radius 2 is 2.00 bits per heavy atom. The molecule has 2 amide bonds. The average Bonchev–Trinajstić information content (AvgIpc) is 2.33. The van der Waals surface area contributed by atoms with Crippen LogP contribution in [-0.4, -0.2) is 25.0 Å². The molecule has 4 nitrogen and oxygen atoms in total. The van der Waals surface area contributed by atoms with Crippen LogP contribution in [0.15, 0.2) is 34.4 Å². The number of anilines is 1. The maximum absolute atomic E-state index is 12.1. The third-order valence-corrected chi connectivity index (χ3v) is 3.29. The van der Waals surface area contributed by atoms with Crippen LogP contribution < -0.4 is 10.7 Å². The van der Waals surface area contributed by atoms with Gasteiger partial charge in [-0.2, -0.15) is 0 Å². The molecule has 2 rings (SSSR count). The molecule has 1 heterocycles. The van der Waals surface area contributed by atoms with E-state index in [-0.39, 0.29) is 11.5 Å². The van der Waals surface area contributed by atoms with E-state index in [4.69, 9.17) is 0 Å². The summed E-state index contributed by atoms with van der Waals surface area (Å²) in [6.07, 6.45) is 0. The number of urea groups is 1. The van der Waals surface area contributed by atoms with Crippen LogP contribution in [-0.2, 0) is 0 Å². The number of nitrogens with one attached hydrogen (secondary N) is 1. The van der Waals surface area contributed by atoms with Gasteiger partial charge in [-0.05, 0) is 12.1 Å². The molecule has 0 saturated carbocycles. The Bertz CT molecular complexity index is 619. The first-order valence-corrected chi connectivity index (χ1v) is 5.96. The van der Waals surface area contributed by atoms with Crippen molar-refractivity contribution in [2.24, 2.45) is 0 Å². The normalized spacial score (nSPS) is 10.2. The summed E-state index contributed by atoms with van der Waals surface area (Å²) in [6, 6.07) is 7.05. The molecule has 0 bridgehead atoms. The third kappa shape index (κ3) is 2.29. The van der Waals surface area contributed by atoms with E-state index in [2.05, 4.69) is 5.32 Å². The number of nitrogens with zero attached hydrogens (tertiary/aromatic N) is 1. The monoisotopic (exact) mass is 248 g/mol. The van der Waals surface area contributed by atoms with Crippen LogP contribution in [0.4, 0.5) is 10.5 Å². The van der Waals surface area contributed by atoms with Crippen LogP contribution in [0, 0.1) is 0 Å². The highest BCUT2D eigenvalue weighted by atomic mass is 32.1. The van der Waals surface area contributed by atoms with E-state index in [9.17, 15) is 9.59 Å². The van der Waals surface area contributed by atoms with Crippen LogP contribution in [0.25, 0.3) is 10.1 Å². The average molecular weight is 248 g/mol. The second kappa shape index (κ2) is 4.55. The van der Waals surface area contributed by atoms with Gasteiger partial charge in [0.25, 0.3) is 0 Å². The smallest absolute Gasteiger partial charge is 0.321 e. The number of fused-ring (bicyclic) bond motifs is 1. The summed E-state index contributed by atoms with van der Waals surface area (Å²) in [4.78, 5) is 24.9. The fraction of sp³-hybridized carbons (Fsp3) is 0.167. The Morgan fingerprint density at radius 1 is 1.29 bits per heavy atom. The van der Waals surface area contributed by atoms with Crippen LogP contribution in [0.3, 0.4) is 0 Å². The first-order chi connectivity index (χ1) is 8.09. The van der Waals surface area contributed by atoms with Crippen molar-refractivity contribution in [1.82, 2.24) is 4.90 Å². The highest BCUT2D eigenvalue weighted by Gasteiger charge is 2.09. The molecule has 0 saturated heterocycles. The van der Waals surface area contributed by atoms with Gasteiger partial charge in [0, 0.05) is 29.6 Å². The summed E-state index contributed by atoms with van der Waals surface area (Å²) in [5.41, 5.74) is 0.182. The summed E-state index contributed by atoms with van der Waals surface area (Å²) < 4.78 is 0.917. The molecule has 1 aromatic carbocycles. The van der Waals surface area contributed by atoms with Crippen molar-refractivity contribution in [3.8, 4) is 0 Å². The maximum atomic E-state index is 12.1. The number of amides is 2. The molecule has 0 spiro atoms. The largest absolute Gasteiger partial charge is 0.331 e. The lowest BCUT2D eigenvalue weighted by Crippen LogP contribution is -2.29. The maximum Gasteiger partial charge on any atom is 0.321 e. The Hall–Kier alpha value is -1.88. The Morgan fingerprint density at radius 3 is 2.71 bits per heavy atom. The van der Waals surface area contributed by atoms with E-state index in [1.807, 2.05) is 18.2 Å². The lowest BCUT2D eigenvalue weighted by molar-refractivity contribution is 0.230. The number of benzene rings is 1. The van der Waals surface area contributed by atoms with Gasteiger partial charge in [0.05, 0.1) is 0 Å². The van der Waals surface area contributed by atoms with Crippen LogP contribution in [0.5, 0.6) is 0 Å². The molecule has 88 valence electrons. The van der Waals surface area contributed by atoms with Crippen LogP contribution in [0.2, 0.25) is 0 Å². The van der Waals surface area contributed by atoms with Gasteiger partial charge < -0.3 is 10.2 Å². The van der Waals surface area contributed by atoms with Gasteiger partial charge in [-0.1, -0.05) is 12.1 Å². The van der Waals surface area contributed by atoms with E-state index >= 15 is 0 Å². The molecule has 0 atom stereocenters. The molecule has 1 aromatic heterocycles. The van der Waals surface area contributed by atoms with Gasteiger partial charge in [0.15, 0.2) is 0 Å². The van der Waals surface area contributed by atoms with E-state index < -0.39 is 0 Å². The van der Waals surface area contributed by atoms with Gasteiger partial charge in [-0.25, -0.2) is 4.79 Å². The summed E-state index contributed by atoms with van der Waals surface area (Å²) in [5, 5.41) is 4.89. The molecular weight excluding hydrogens is 236 g/mol. The van der Waals surface area contributed by atoms with E-state index in [0.29, 0.717) is 11.1 Å². The molecule has 0 aliphatic heterocycles. The zero-order chi connectivity index (χ0) is 12.4. The quantitative estimate of drug-likeness (QED) is 0.842. The zero-order valence-corrected chi connectivity index (χ0v) is 10.4. The number of hydrogen-bond donors (Lipinski definition) is 1. The Kier molecular flexibility index (Phi) is 3.10. The highest BCUT2D eigenvalue weighted by Crippen LogP contribution is 2.18. The molecule has 2 aromatic rings. The van der Waals surface area contributed by atoms with Crippen molar-refractivity contribution < 1.29 is 4.79 Å². The predicted octanol–water partition coefficient (Wildman–Crippen LogP) is 2.36. The Labute approximate surface area is 102 Å². The lowest BCUT2D eigenvalue weighted by Gasteiger charge is -2.11. The SMILES string of the molecule is CN(C)C(=O)Nc1csc2ccccc2c1=O. The van der Waals surface area contributed by atoms with Gasteiger partial charge in [0.1, 0.15) is 5.69 Å². The molecule has 1 N–H and O–H groups in total. The highest BCUT2D eigenvalue weighted by molar-refractivity contribution is 7.16. The fourth-order valence-corrected chi connectivity index (χ4v) is 2.25. The first-order valence-electron chi connectivity index (χ1n) is 5.08. The summed E-state index contributed by atoms with van der Waals surface area (Å²) >= 11 is 1.44. The second-order valence-electron chi connectivity index (χ2n) is 3.80. The molecule has 5 heteroatoms. The molecule has 0 unspecified atom stereocenters. The van der Waals surface area contributed by atoms with E-state index in [1.54, 1.807) is 25.5 Å². The molecule has 0 aliphatic carbocycles. The van der Waals surface area contributed by atoms with Crippen molar-refractivity contribution in [1.29, 1.82) is 0 Å². The minimum atomic E-state index is -0.301. The molecule has 0 aliphatic rings. The Balaban J connectivity index is 2.47. The van der Waals surface area contributed by atoms with Gasteiger partial charge in [0.2, 0.25) is 5.43 Å². The number of rotatable bonds is 1. The molecule has 17 heavy (non-hydrogen) atoms. The summed E-state index contributed by atoms with van der Waals surface area (Å²) in [5.74, 6) is 0. The number of hydrogen-bond acceptors (Lipinski definition) is 3. The van der Waals surface area contributed by atoms with Gasteiger partial charge in [-0.15, -0.1) is 11.3 Å². The van der Waals surface area contributed by atoms with Crippen LogP contribution >= 0.6 is 11.3 Å². The molecule has 0 radical (unpaired) electrons. The minimum absolute atomic E-state index is 0.144. The van der Waals surface area contributed by atoms with Crippen molar-refractivity contribution in [3.63, 3.8) is 0 Å². The van der Waals surface area contributed by atoms with Crippen molar-refractivity contribution >= 4 is 33.1 Å². The first kappa shape index (κ1) is 11.6. The number of carbonyl (C=O) groups excluding carboxylic acids is 1.